The van der Waals surface area contributed by atoms with Crippen molar-refractivity contribution in [1.29, 1.82) is 0 Å². The van der Waals surface area contributed by atoms with E-state index in [9.17, 15) is 13.5 Å². The number of rotatable bonds is 7. The van der Waals surface area contributed by atoms with E-state index in [1.807, 2.05) is 0 Å². The summed E-state index contributed by atoms with van der Waals surface area (Å²) in [5.74, 6) is 0.616. The molecule has 0 radical (unpaired) electrons. The number of benzene rings is 1. The average molecular weight is 367 g/mol. The monoisotopic (exact) mass is 366 g/mol. The zero-order valence-corrected chi connectivity index (χ0v) is 14.1. The van der Waals surface area contributed by atoms with Crippen LogP contribution < -0.4 is 4.74 Å². The molecule has 0 aliphatic heterocycles. The lowest BCUT2D eigenvalue weighted by Crippen LogP contribution is -2.24. The van der Waals surface area contributed by atoms with Gasteiger partial charge in [0.15, 0.2) is 9.84 Å². The van der Waals surface area contributed by atoms with Crippen molar-refractivity contribution < 1.29 is 23.0 Å². The van der Waals surface area contributed by atoms with Crippen molar-refractivity contribution in [1.82, 2.24) is 0 Å². The number of hydrogen-bond acceptors (Lipinski definition) is 5. The fraction of sp³-hybridized carbons (Fsp3) is 0.538. The van der Waals surface area contributed by atoms with Gasteiger partial charge in [-0.05, 0) is 40.5 Å². The van der Waals surface area contributed by atoms with Crippen LogP contribution in [0.2, 0.25) is 0 Å². The van der Waals surface area contributed by atoms with E-state index >= 15 is 0 Å². The summed E-state index contributed by atoms with van der Waals surface area (Å²) in [6.45, 7) is 2.37. The van der Waals surface area contributed by atoms with Crippen LogP contribution in [0.1, 0.15) is 18.6 Å². The molecule has 1 aromatic rings. The summed E-state index contributed by atoms with van der Waals surface area (Å²) < 4.78 is 33.9. The van der Waals surface area contributed by atoms with Crippen LogP contribution in [0.25, 0.3) is 0 Å². The SMILES string of the molecule is COCCOc1ccc(C(O)C(C)S(C)(=O)=O)cc1Br. The van der Waals surface area contributed by atoms with Crippen LogP contribution in [0.3, 0.4) is 0 Å². The van der Waals surface area contributed by atoms with Gasteiger partial charge in [-0.25, -0.2) is 8.42 Å². The molecule has 0 fully saturated rings. The highest BCUT2D eigenvalue weighted by molar-refractivity contribution is 9.10. The van der Waals surface area contributed by atoms with Crippen LogP contribution in [-0.2, 0) is 14.6 Å². The molecular weight excluding hydrogens is 348 g/mol. The van der Waals surface area contributed by atoms with Crippen molar-refractivity contribution in [3.05, 3.63) is 28.2 Å². The third-order valence-electron chi connectivity index (χ3n) is 2.96. The van der Waals surface area contributed by atoms with Crippen LogP contribution in [0, 0.1) is 0 Å². The second-order valence-electron chi connectivity index (χ2n) is 4.51. The summed E-state index contributed by atoms with van der Waals surface area (Å²) in [4.78, 5) is 0. The van der Waals surface area contributed by atoms with Gasteiger partial charge >= 0.3 is 0 Å². The van der Waals surface area contributed by atoms with E-state index in [0.717, 1.165) is 6.26 Å². The highest BCUT2D eigenvalue weighted by Crippen LogP contribution is 2.30. The Balaban J connectivity index is 2.86. The summed E-state index contributed by atoms with van der Waals surface area (Å²) in [5.41, 5.74) is 0.522. The molecule has 20 heavy (non-hydrogen) atoms. The van der Waals surface area contributed by atoms with Crippen LogP contribution >= 0.6 is 15.9 Å². The molecule has 5 nitrogen and oxygen atoms in total. The Labute approximate surface area is 128 Å². The first kappa shape index (κ1) is 17.4. The molecule has 0 amide bonds. The molecule has 0 bridgehead atoms. The van der Waals surface area contributed by atoms with Crippen molar-refractivity contribution in [2.75, 3.05) is 26.6 Å². The second-order valence-corrected chi connectivity index (χ2v) is 7.77. The lowest BCUT2D eigenvalue weighted by atomic mass is 10.1. The Kier molecular flexibility index (Phi) is 6.44. The molecule has 0 aliphatic carbocycles. The smallest absolute Gasteiger partial charge is 0.152 e. The summed E-state index contributed by atoms with van der Waals surface area (Å²) in [5, 5.41) is 9.23. The minimum absolute atomic E-state index is 0.413. The van der Waals surface area contributed by atoms with E-state index in [1.54, 1.807) is 25.3 Å². The zero-order valence-electron chi connectivity index (χ0n) is 11.7. The minimum Gasteiger partial charge on any atom is -0.490 e. The Morgan fingerprint density at radius 2 is 2.00 bits per heavy atom. The summed E-state index contributed by atoms with van der Waals surface area (Å²) in [7, 11) is -1.72. The third-order valence-corrected chi connectivity index (χ3v) is 5.19. The molecule has 0 spiro atoms. The number of aliphatic hydroxyl groups excluding tert-OH is 1. The normalized spacial score (nSPS) is 14.8. The maximum Gasteiger partial charge on any atom is 0.152 e. The van der Waals surface area contributed by atoms with Gasteiger partial charge in [-0.3, -0.25) is 0 Å². The Hall–Kier alpha value is -0.630. The highest BCUT2D eigenvalue weighted by Gasteiger charge is 2.25. The lowest BCUT2D eigenvalue weighted by Gasteiger charge is -2.18. The Morgan fingerprint density at radius 3 is 2.50 bits per heavy atom. The van der Waals surface area contributed by atoms with Crippen molar-refractivity contribution in [2.24, 2.45) is 0 Å². The molecule has 0 aliphatic rings. The number of methoxy groups -OCH3 is 1. The molecule has 2 unspecified atom stereocenters. The van der Waals surface area contributed by atoms with E-state index in [2.05, 4.69) is 15.9 Å². The van der Waals surface area contributed by atoms with Crippen molar-refractivity contribution in [2.45, 2.75) is 18.3 Å². The lowest BCUT2D eigenvalue weighted by molar-refractivity contribution is 0.145. The van der Waals surface area contributed by atoms with Gasteiger partial charge in [-0.2, -0.15) is 0 Å². The van der Waals surface area contributed by atoms with Crippen molar-refractivity contribution >= 4 is 25.8 Å². The van der Waals surface area contributed by atoms with Gasteiger partial charge in [0.1, 0.15) is 12.4 Å². The van der Waals surface area contributed by atoms with E-state index in [-0.39, 0.29) is 0 Å². The molecule has 0 saturated carbocycles. The molecular formula is C13H19BrO5S. The summed E-state index contributed by atoms with van der Waals surface area (Å²) in [6, 6.07) is 5.00. The minimum atomic E-state index is -3.30. The average Bonchev–Trinajstić information content (AvgIpc) is 2.38. The molecule has 1 N–H and O–H groups in total. The van der Waals surface area contributed by atoms with Crippen LogP contribution in [-0.4, -0.2) is 45.4 Å². The Morgan fingerprint density at radius 1 is 1.35 bits per heavy atom. The molecule has 7 heteroatoms. The molecule has 1 aromatic carbocycles. The van der Waals surface area contributed by atoms with Crippen LogP contribution in [0.4, 0.5) is 0 Å². The molecule has 0 saturated heterocycles. The molecule has 0 aromatic heterocycles. The highest BCUT2D eigenvalue weighted by atomic mass is 79.9. The predicted octanol–water partition coefficient (Wildman–Crippen LogP) is 1.94. The van der Waals surface area contributed by atoms with E-state index in [4.69, 9.17) is 9.47 Å². The van der Waals surface area contributed by atoms with Crippen molar-refractivity contribution in [3.63, 3.8) is 0 Å². The standard InChI is InChI=1S/C13H19BrO5S/c1-9(20(3,16)17)13(15)10-4-5-12(11(14)8-10)19-7-6-18-2/h4-5,8-9,13,15H,6-7H2,1-3H3. The quantitative estimate of drug-likeness (QED) is 0.746. The number of ether oxygens (including phenoxy) is 2. The predicted molar refractivity (Wildman–Crippen MR) is 80.8 cm³/mol. The first-order chi connectivity index (χ1) is 9.27. The molecule has 1 rings (SSSR count). The van der Waals surface area contributed by atoms with Gasteiger partial charge in [0.05, 0.1) is 22.4 Å². The van der Waals surface area contributed by atoms with Gasteiger partial charge < -0.3 is 14.6 Å². The van der Waals surface area contributed by atoms with Gasteiger partial charge in [0.25, 0.3) is 0 Å². The largest absolute Gasteiger partial charge is 0.490 e. The van der Waals surface area contributed by atoms with Gasteiger partial charge in [-0.1, -0.05) is 6.07 Å². The molecule has 114 valence electrons. The fourth-order valence-electron chi connectivity index (χ4n) is 1.56. The number of hydrogen-bond donors (Lipinski definition) is 1. The number of sulfone groups is 1. The van der Waals surface area contributed by atoms with Gasteiger partial charge in [0.2, 0.25) is 0 Å². The third kappa shape index (κ3) is 4.73. The topological polar surface area (TPSA) is 72.8 Å². The summed E-state index contributed by atoms with van der Waals surface area (Å²) >= 11 is 3.34. The second kappa shape index (κ2) is 7.40. The van der Waals surface area contributed by atoms with E-state index in [1.165, 1.54) is 6.92 Å². The first-order valence-electron chi connectivity index (χ1n) is 6.05. The maximum absolute atomic E-state index is 11.5. The van der Waals surface area contributed by atoms with Gasteiger partial charge in [-0.15, -0.1) is 0 Å². The Bertz CT molecular complexity index is 544. The first-order valence-corrected chi connectivity index (χ1v) is 8.80. The zero-order chi connectivity index (χ0) is 15.3. The fourth-order valence-corrected chi connectivity index (χ4v) is 2.69. The summed E-state index contributed by atoms with van der Waals surface area (Å²) in [6.07, 6.45) is 0.0346. The van der Waals surface area contributed by atoms with Gasteiger partial charge in [0, 0.05) is 13.4 Å². The van der Waals surface area contributed by atoms with Crippen molar-refractivity contribution in [3.8, 4) is 5.75 Å². The molecule has 0 heterocycles. The number of aliphatic hydroxyl groups is 1. The van der Waals surface area contributed by atoms with Crippen LogP contribution in [0.15, 0.2) is 22.7 Å². The maximum atomic E-state index is 11.5. The van der Waals surface area contributed by atoms with E-state index in [0.29, 0.717) is 29.0 Å². The van der Waals surface area contributed by atoms with E-state index < -0.39 is 21.2 Å². The molecule has 2 atom stereocenters. The van der Waals surface area contributed by atoms with Crippen LogP contribution in [0.5, 0.6) is 5.75 Å². The number of halogens is 1.